The zero-order chi connectivity index (χ0) is 13.0. The quantitative estimate of drug-likeness (QED) is 0.888. The maximum Gasteiger partial charge on any atom is 0.126 e. The van der Waals surface area contributed by atoms with Gasteiger partial charge in [-0.25, -0.2) is 4.39 Å². The van der Waals surface area contributed by atoms with Gasteiger partial charge in [0.1, 0.15) is 5.82 Å². The number of rotatable bonds is 4. The topological polar surface area (TPSA) is 21.3 Å². The summed E-state index contributed by atoms with van der Waals surface area (Å²) < 4.78 is 18.5. The van der Waals surface area contributed by atoms with Crippen molar-refractivity contribution in [3.63, 3.8) is 0 Å². The van der Waals surface area contributed by atoms with E-state index in [2.05, 4.69) is 12.2 Å². The van der Waals surface area contributed by atoms with Crippen LogP contribution in [0.3, 0.4) is 0 Å². The van der Waals surface area contributed by atoms with E-state index in [9.17, 15) is 4.39 Å². The van der Waals surface area contributed by atoms with Crippen LogP contribution in [0.15, 0.2) is 18.2 Å². The molecule has 0 aliphatic carbocycles. The van der Waals surface area contributed by atoms with E-state index in [4.69, 9.17) is 4.74 Å². The van der Waals surface area contributed by atoms with Gasteiger partial charge in [0.15, 0.2) is 0 Å². The van der Waals surface area contributed by atoms with Gasteiger partial charge in [0, 0.05) is 26.3 Å². The van der Waals surface area contributed by atoms with E-state index in [0.717, 1.165) is 44.7 Å². The van der Waals surface area contributed by atoms with Crippen molar-refractivity contribution in [2.45, 2.75) is 33.2 Å². The second kappa shape index (κ2) is 5.81. The van der Waals surface area contributed by atoms with Crippen molar-refractivity contribution in [1.82, 2.24) is 5.32 Å². The third kappa shape index (κ3) is 3.53. The molecule has 1 N–H and O–H groups in total. The summed E-state index contributed by atoms with van der Waals surface area (Å²) in [6, 6.07) is 5.30. The van der Waals surface area contributed by atoms with Crippen LogP contribution >= 0.6 is 0 Å². The summed E-state index contributed by atoms with van der Waals surface area (Å²) in [5.74, 6) is -0.129. The Morgan fingerprint density at radius 2 is 2.06 bits per heavy atom. The number of aryl methyl sites for hydroxylation is 1. The molecule has 18 heavy (non-hydrogen) atoms. The Hall–Kier alpha value is -0.930. The molecular formula is C15H22FNO. The SMILES string of the molecule is Cc1cc(CNCC2(C)CCOCC2)ccc1F. The van der Waals surface area contributed by atoms with Gasteiger partial charge in [0.05, 0.1) is 0 Å². The lowest BCUT2D eigenvalue weighted by Gasteiger charge is -2.33. The van der Waals surface area contributed by atoms with Gasteiger partial charge >= 0.3 is 0 Å². The fourth-order valence-electron chi connectivity index (χ4n) is 2.37. The van der Waals surface area contributed by atoms with E-state index in [1.807, 2.05) is 12.1 Å². The Labute approximate surface area is 109 Å². The highest BCUT2D eigenvalue weighted by molar-refractivity contribution is 5.23. The second-order valence-corrected chi connectivity index (χ2v) is 5.61. The molecular weight excluding hydrogens is 229 g/mol. The first-order chi connectivity index (χ1) is 8.59. The van der Waals surface area contributed by atoms with E-state index in [1.165, 1.54) is 0 Å². The summed E-state index contributed by atoms with van der Waals surface area (Å²) in [7, 11) is 0. The third-order valence-corrected chi connectivity index (χ3v) is 3.80. The molecule has 1 fully saturated rings. The van der Waals surface area contributed by atoms with Gasteiger partial charge < -0.3 is 10.1 Å². The number of hydrogen-bond acceptors (Lipinski definition) is 2. The molecule has 0 spiro atoms. The number of ether oxygens (including phenoxy) is 1. The number of nitrogens with one attached hydrogen (secondary N) is 1. The molecule has 3 heteroatoms. The Balaban J connectivity index is 1.82. The Kier molecular flexibility index (Phi) is 4.36. The highest BCUT2D eigenvalue weighted by Crippen LogP contribution is 2.28. The molecule has 0 bridgehead atoms. The van der Waals surface area contributed by atoms with Gasteiger partial charge in [-0.3, -0.25) is 0 Å². The Morgan fingerprint density at radius 3 is 2.72 bits per heavy atom. The first-order valence-electron chi connectivity index (χ1n) is 6.63. The van der Waals surface area contributed by atoms with Gasteiger partial charge in [-0.2, -0.15) is 0 Å². The number of hydrogen-bond donors (Lipinski definition) is 1. The molecule has 1 aromatic rings. The van der Waals surface area contributed by atoms with Gasteiger partial charge in [-0.15, -0.1) is 0 Å². The van der Waals surface area contributed by atoms with E-state index < -0.39 is 0 Å². The van der Waals surface area contributed by atoms with Crippen molar-refractivity contribution in [3.8, 4) is 0 Å². The maximum absolute atomic E-state index is 13.1. The molecule has 1 aromatic carbocycles. The monoisotopic (exact) mass is 251 g/mol. The first-order valence-corrected chi connectivity index (χ1v) is 6.63. The van der Waals surface area contributed by atoms with Crippen LogP contribution in [0.5, 0.6) is 0 Å². The molecule has 1 aliphatic rings. The van der Waals surface area contributed by atoms with E-state index in [0.29, 0.717) is 11.0 Å². The zero-order valence-electron chi connectivity index (χ0n) is 11.3. The second-order valence-electron chi connectivity index (χ2n) is 5.61. The lowest BCUT2D eigenvalue weighted by Crippen LogP contribution is -2.36. The van der Waals surface area contributed by atoms with Crippen LogP contribution in [0.25, 0.3) is 0 Å². The van der Waals surface area contributed by atoms with Crippen molar-refractivity contribution in [2.75, 3.05) is 19.8 Å². The maximum atomic E-state index is 13.1. The highest BCUT2D eigenvalue weighted by atomic mass is 19.1. The fourth-order valence-corrected chi connectivity index (χ4v) is 2.37. The molecule has 0 unspecified atom stereocenters. The van der Waals surface area contributed by atoms with Gasteiger partial charge in [0.25, 0.3) is 0 Å². The van der Waals surface area contributed by atoms with Crippen LogP contribution in [-0.2, 0) is 11.3 Å². The highest BCUT2D eigenvalue weighted by Gasteiger charge is 2.26. The lowest BCUT2D eigenvalue weighted by atomic mass is 9.82. The molecule has 1 heterocycles. The molecule has 0 radical (unpaired) electrons. The Bertz CT molecular complexity index is 399. The van der Waals surface area contributed by atoms with Crippen molar-refractivity contribution in [3.05, 3.63) is 35.1 Å². The normalized spacial score (nSPS) is 18.8. The van der Waals surface area contributed by atoms with Crippen LogP contribution in [0.1, 0.15) is 30.9 Å². The molecule has 0 atom stereocenters. The van der Waals surface area contributed by atoms with Gasteiger partial charge in [0.2, 0.25) is 0 Å². The van der Waals surface area contributed by atoms with Crippen LogP contribution in [0.2, 0.25) is 0 Å². The summed E-state index contributed by atoms with van der Waals surface area (Å²) in [4.78, 5) is 0. The first kappa shape index (κ1) is 13.5. The molecule has 2 nitrogen and oxygen atoms in total. The van der Waals surface area contributed by atoms with E-state index in [1.54, 1.807) is 13.0 Å². The molecule has 1 aliphatic heterocycles. The summed E-state index contributed by atoms with van der Waals surface area (Å²) in [6.07, 6.45) is 2.23. The molecule has 2 rings (SSSR count). The van der Waals surface area contributed by atoms with Crippen molar-refractivity contribution >= 4 is 0 Å². The predicted octanol–water partition coefficient (Wildman–Crippen LogP) is 3.04. The summed E-state index contributed by atoms with van der Waals surface area (Å²) >= 11 is 0. The molecule has 0 aromatic heterocycles. The minimum absolute atomic E-state index is 0.129. The van der Waals surface area contributed by atoms with Gasteiger partial charge in [-0.05, 0) is 42.4 Å². The number of benzene rings is 1. The summed E-state index contributed by atoms with van der Waals surface area (Å²) in [6.45, 7) is 7.64. The average molecular weight is 251 g/mol. The minimum atomic E-state index is -0.129. The minimum Gasteiger partial charge on any atom is -0.381 e. The van der Waals surface area contributed by atoms with Crippen LogP contribution in [0, 0.1) is 18.2 Å². The zero-order valence-corrected chi connectivity index (χ0v) is 11.3. The average Bonchev–Trinajstić information content (AvgIpc) is 2.34. The largest absolute Gasteiger partial charge is 0.381 e. The van der Waals surface area contributed by atoms with Crippen LogP contribution in [0.4, 0.5) is 4.39 Å². The standard InChI is InChI=1S/C15H22FNO/c1-12-9-13(3-4-14(12)16)10-17-11-15(2)5-7-18-8-6-15/h3-4,9,17H,5-8,10-11H2,1-2H3. The molecule has 0 amide bonds. The van der Waals surface area contributed by atoms with E-state index >= 15 is 0 Å². The van der Waals surface area contributed by atoms with Crippen molar-refractivity contribution in [2.24, 2.45) is 5.41 Å². The van der Waals surface area contributed by atoms with Crippen molar-refractivity contribution < 1.29 is 9.13 Å². The van der Waals surface area contributed by atoms with E-state index in [-0.39, 0.29) is 5.82 Å². The molecule has 1 saturated heterocycles. The smallest absolute Gasteiger partial charge is 0.126 e. The number of halogens is 1. The molecule has 100 valence electrons. The predicted molar refractivity (Wildman–Crippen MR) is 71.0 cm³/mol. The van der Waals surface area contributed by atoms with Crippen LogP contribution < -0.4 is 5.32 Å². The van der Waals surface area contributed by atoms with Crippen molar-refractivity contribution in [1.29, 1.82) is 0 Å². The fraction of sp³-hybridized carbons (Fsp3) is 0.600. The third-order valence-electron chi connectivity index (χ3n) is 3.80. The lowest BCUT2D eigenvalue weighted by molar-refractivity contribution is 0.0240. The van der Waals surface area contributed by atoms with Crippen LogP contribution in [-0.4, -0.2) is 19.8 Å². The van der Waals surface area contributed by atoms with Gasteiger partial charge in [-0.1, -0.05) is 19.1 Å². The summed E-state index contributed by atoms with van der Waals surface area (Å²) in [5, 5.41) is 3.48. The summed E-state index contributed by atoms with van der Waals surface area (Å²) in [5.41, 5.74) is 2.20. The Morgan fingerprint density at radius 1 is 1.33 bits per heavy atom. The molecule has 0 saturated carbocycles.